The summed E-state index contributed by atoms with van der Waals surface area (Å²) in [6, 6.07) is 10.2. The average Bonchev–Trinajstić information content (AvgIpc) is 2.63. The number of aromatic nitrogens is 1. The molecule has 3 nitrogen and oxygen atoms in total. The summed E-state index contributed by atoms with van der Waals surface area (Å²) in [5.41, 5.74) is 2.10. The molecule has 1 aliphatic rings. The van der Waals surface area contributed by atoms with E-state index in [2.05, 4.69) is 18.0 Å². The van der Waals surface area contributed by atoms with Crippen LogP contribution in [0.15, 0.2) is 36.5 Å². The fourth-order valence-electron chi connectivity index (χ4n) is 1.91. The van der Waals surface area contributed by atoms with E-state index in [1.54, 1.807) is 0 Å². The smallest absolute Gasteiger partial charge is 0.406 e. The van der Waals surface area contributed by atoms with Crippen molar-refractivity contribution in [2.24, 2.45) is 0 Å². The summed E-state index contributed by atoms with van der Waals surface area (Å²) in [6.07, 6.45) is 1.84. The number of fused-ring (bicyclic) bond motifs is 1. The summed E-state index contributed by atoms with van der Waals surface area (Å²) in [7, 11) is 0.431. The minimum Gasteiger partial charge on any atom is -0.406 e. The number of rotatable bonds is 0. The van der Waals surface area contributed by atoms with Gasteiger partial charge in [0.1, 0.15) is 0 Å². The quantitative estimate of drug-likeness (QED) is 0.688. The summed E-state index contributed by atoms with van der Waals surface area (Å²) in [6.45, 7) is 10.3. The molecule has 0 spiro atoms. The van der Waals surface area contributed by atoms with Crippen molar-refractivity contribution in [1.82, 2.24) is 4.98 Å². The van der Waals surface area contributed by atoms with Gasteiger partial charge in [-0.15, -0.1) is 0 Å². The highest BCUT2D eigenvalue weighted by Gasteiger charge is 2.44. The van der Waals surface area contributed by atoms with Crippen molar-refractivity contribution in [3.63, 3.8) is 0 Å². The predicted molar refractivity (Wildman–Crippen MR) is 84.0 cm³/mol. The van der Waals surface area contributed by atoms with E-state index in [0.717, 1.165) is 5.52 Å². The Bertz CT molecular complexity index is 577. The van der Waals surface area contributed by atoms with Crippen LogP contribution >= 0.6 is 0 Å². The van der Waals surface area contributed by atoms with Crippen LogP contribution in [0.25, 0.3) is 10.9 Å². The van der Waals surface area contributed by atoms with Gasteiger partial charge in [0.15, 0.2) is 0 Å². The van der Waals surface area contributed by atoms with Gasteiger partial charge in [0.25, 0.3) is 0 Å². The van der Waals surface area contributed by atoms with Gasteiger partial charge in [-0.2, -0.15) is 0 Å². The van der Waals surface area contributed by atoms with Gasteiger partial charge in [-0.3, -0.25) is 4.98 Å². The largest absolute Gasteiger partial charge is 0.439 e. The summed E-state index contributed by atoms with van der Waals surface area (Å²) < 4.78 is 10.7. The Balaban J connectivity index is 0.000000151. The first kappa shape index (κ1) is 15.0. The maximum atomic E-state index is 5.33. The van der Waals surface area contributed by atoms with Crippen molar-refractivity contribution in [2.45, 2.75) is 45.8 Å². The monoisotopic (exact) mass is 271 g/mol. The molecular weight excluding hydrogens is 249 g/mol. The molecule has 1 aromatic heterocycles. The molecule has 1 saturated heterocycles. The number of para-hydroxylation sites is 1. The highest BCUT2D eigenvalue weighted by Crippen LogP contribution is 2.33. The molecule has 0 radical (unpaired) electrons. The lowest BCUT2D eigenvalue weighted by molar-refractivity contribution is 0.00578. The molecule has 0 atom stereocenters. The average molecular weight is 271 g/mol. The van der Waals surface area contributed by atoms with Gasteiger partial charge in [0.2, 0.25) is 0 Å². The van der Waals surface area contributed by atoms with Crippen molar-refractivity contribution in [2.75, 3.05) is 0 Å². The molecule has 106 valence electrons. The van der Waals surface area contributed by atoms with Crippen LogP contribution < -0.4 is 0 Å². The molecule has 2 aromatic rings. The molecule has 1 aliphatic heterocycles. The Hall–Kier alpha value is -1.39. The van der Waals surface area contributed by atoms with Gasteiger partial charge in [0, 0.05) is 11.6 Å². The van der Waals surface area contributed by atoms with E-state index < -0.39 is 0 Å². The number of hydrogen-bond acceptors (Lipinski definition) is 3. The van der Waals surface area contributed by atoms with Crippen LogP contribution in [0.3, 0.4) is 0 Å². The zero-order valence-corrected chi connectivity index (χ0v) is 12.9. The van der Waals surface area contributed by atoms with Crippen molar-refractivity contribution < 1.29 is 9.31 Å². The van der Waals surface area contributed by atoms with Crippen molar-refractivity contribution in [1.29, 1.82) is 0 Å². The number of benzene rings is 1. The van der Waals surface area contributed by atoms with Crippen LogP contribution in [0, 0.1) is 6.92 Å². The zero-order chi connectivity index (χ0) is 14.8. The Morgan fingerprint density at radius 3 is 2.05 bits per heavy atom. The Morgan fingerprint density at radius 2 is 1.55 bits per heavy atom. The summed E-state index contributed by atoms with van der Waals surface area (Å²) in [4.78, 5) is 4.24. The van der Waals surface area contributed by atoms with Gasteiger partial charge >= 0.3 is 7.69 Å². The number of aryl methyl sites for hydroxylation is 1. The number of hydrogen-bond donors (Lipinski definition) is 0. The lowest BCUT2D eigenvalue weighted by atomic mass is 9.90. The standard InChI is InChI=1S/C10H9N.C6H13BO2/c1-8-6-7-11-10-5-3-2-4-9(8)10;1-5(2)6(3,4)9-7-8-5/h2-7H,1H3;7H,1-4H3. The maximum absolute atomic E-state index is 5.33. The van der Waals surface area contributed by atoms with Gasteiger partial charge < -0.3 is 9.31 Å². The lowest BCUT2D eigenvalue weighted by Crippen LogP contribution is -2.41. The zero-order valence-electron chi connectivity index (χ0n) is 12.9. The molecule has 1 fully saturated rings. The second-order valence-corrected chi connectivity index (χ2v) is 6.07. The van der Waals surface area contributed by atoms with Crippen LogP contribution in [-0.2, 0) is 9.31 Å². The molecule has 20 heavy (non-hydrogen) atoms. The molecule has 2 heterocycles. The SMILES string of the molecule is CC1(C)OBOC1(C)C.Cc1ccnc2ccccc12. The van der Waals surface area contributed by atoms with Gasteiger partial charge in [-0.05, 0) is 52.3 Å². The fraction of sp³-hybridized carbons (Fsp3) is 0.438. The highest BCUT2D eigenvalue weighted by molar-refractivity contribution is 6.19. The number of nitrogens with zero attached hydrogens (tertiary/aromatic N) is 1. The van der Waals surface area contributed by atoms with E-state index >= 15 is 0 Å². The molecule has 0 aliphatic carbocycles. The van der Waals surface area contributed by atoms with Gasteiger partial charge in [-0.25, -0.2) is 0 Å². The molecule has 0 unspecified atom stereocenters. The van der Waals surface area contributed by atoms with Crippen LogP contribution in [0.5, 0.6) is 0 Å². The van der Waals surface area contributed by atoms with E-state index in [0.29, 0.717) is 7.69 Å². The van der Waals surface area contributed by atoms with Crippen molar-refractivity contribution in [3.8, 4) is 0 Å². The second kappa shape index (κ2) is 5.54. The fourth-order valence-corrected chi connectivity index (χ4v) is 1.91. The molecule has 1 aromatic carbocycles. The van der Waals surface area contributed by atoms with Crippen molar-refractivity contribution in [3.05, 3.63) is 42.1 Å². The Morgan fingerprint density at radius 1 is 0.950 bits per heavy atom. The second-order valence-electron chi connectivity index (χ2n) is 6.07. The third-order valence-electron chi connectivity index (χ3n) is 4.16. The normalized spacial score (nSPS) is 19.1. The highest BCUT2D eigenvalue weighted by atomic mass is 16.7. The Labute approximate surface area is 121 Å². The minimum absolute atomic E-state index is 0.132. The van der Waals surface area contributed by atoms with E-state index in [-0.39, 0.29) is 11.2 Å². The first-order valence-electron chi connectivity index (χ1n) is 6.92. The molecule has 0 saturated carbocycles. The van der Waals surface area contributed by atoms with Crippen LogP contribution in [-0.4, -0.2) is 23.9 Å². The van der Waals surface area contributed by atoms with E-state index in [9.17, 15) is 0 Å². The molecular formula is C16H22BNO2. The first-order chi connectivity index (χ1) is 9.33. The Kier molecular flexibility index (Phi) is 4.16. The topological polar surface area (TPSA) is 31.4 Å². The van der Waals surface area contributed by atoms with E-state index in [1.807, 2.05) is 58.2 Å². The van der Waals surface area contributed by atoms with E-state index in [4.69, 9.17) is 9.31 Å². The summed E-state index contributed by atoms with van der Waals surface area (Å²) in [5.74, 6) is 0. The van der Waals surface area contributed by atoms with Crippen LogP contribution in [0.1, 0.15) is 33.3 Å². The van der Waals surface area contributed by atoms with Gasteiger partial charge in [0.05, 0.1) is 16.7 Å². The summed E-state index contributed by atoms with van der Waals surface area (Å²) in [5, 5.41) is 1.25. The van der Waals surface area contributed by atoms with Crippen LogP contribution in [0.4, 0.5) is 0 Å². The third kappa shape index (κ3) is 3.02. The van der Waals surface area contributed by atoms with Crippen molar-refractivity contribution >= 4 is 18.6 Å². The molecule has 0 bridgehead atoms. The molecule has 3 rings (SSSR count). The lowest BCUT2D eigenvalue weighted by Gasteiger charge is -2.32. The molecule has 0 N–H and O–H groups in total. The van der Waals surface area contributed by atoms with E-state index in [1.165, 1.54) is 10.9 Å². The number of pyridine rings is 1. The maximum Gasteiger partial charge on any atom is 0.439 e. The minimum atomic E-state index is -0.132. The molecule has 0 amide bonds. The third-order valence-corrected chi connectivity index (χ3v) is 4.16. The van der Waals surface area contributed by atoms with Gasteiger partial charge in [-0.1, -0.05) is 18.2 Å². The summed E-state index contributed by atoms with van der Waals surface area (Å²) >= 11 is 0. The van der Waals surface area contributed by atoms with Crippen LogP contribution in [0.2, 0.25) is 0 Å². The first-order valence-corrected chi connectivity index (χ1v) is 6.92. The predicted octanol–water partition coefficient (Wildman–Crippen LogP) is 3.40. The molecule has 4 heteroatoms.